The molecule has 14 heteroatoms. The highest BCUT2D eigenvalue weighted by Crippen LogP contribution is 2.41. The summed E-state index contributed by atoms with van der Waals surface area (Å²) < 4.78 is 68.9. The van der Waals surface area contributed by atoms with Gasteiger partial charge in [0.2, 0.25) is 0 Å². The minimum absolute atomic E-state index is 0.0657. The summed E-state index contributed by atoms with van der Waals surface area (Å²) in [5.41, 5.74) is 15.1. The summed E-state index contributed by atoms with van der Waals surface area (Å²) in [6, 6.07) is 48.6. The van der Waals surface area contributed by atoms with E-state index in [2.05, 4.69) is 50.5 Å². The van der Waals surface area contributed by atoms with Crippen LogP contribution in [0.2, 0.25) is 18.1 Å². The first kappa shape index (κ1) is 52.8. The molecule has 10 atom stereocenters. The van der Waals surface area contributed by atoms with E-state index in [1.165, 1.54) is 0 Å². The lowest BCUT2D eigenvalue weighted by Gasteiger charge is -2.51. The Labute approximate surface area is 414 Å². The second kappa shape index (κ2) is 26.4. The number of rotatable bonds is 25. The minimum atomic E-state index is -2.56. The summed E-state index contributed by atoms with van der Waals surface area (Å²) in [4.78, 5) is 3.36. The first-order valence-corrected chi connectivity index (χ1v) is 27.0. The maximum atomic E-state index is 10.3. The maximum Gasteiger partial charge on any atom is 0.195 e. The smallest absolute Gasteiger partial charge is 0.195 e. The molecule has 372 valence electrons. The van der Waals surface area contributed by atoms with Crippen LogP contribution in [0.4, 0.5) is 0 Å². The van der Waals surface area contributed by atoms with Crippen molar-refractivity contribution < 1.29 is 47.1 Å². The van der Waals surface area contributed by atoms with E-state index < -0.39 is 69.7 Å². The van der Waals surface area contributed by atoms with E-state index in [0.717, 1.165) is 27.8 Å². The highest BCUT2D eigenvalue weighted by molar-refractivity contribution is 6.74. The number of hydrogen-bond donors (Lipinski definition) is 0. The molecule has 2 fully saturated rings. The van der Waals surface area contributed by atoms with Crippen LogP contribution >= 0.6 is 0 Å². The largest absolute Gasteiger partial charge is 0.392 e. The lowest BCUT2D eigenvalue weighted by molar-refractivity contribution is -0.360. The zero-order chi connectivity index (χ0) is 49.2. The Balaban J connectivity index is 1.30. The molecule has 0 N–H and O–H groups in total. The molecule has 70 heavy (non-hydrogen) atoms. The summed E-state index contributed by atoms with van der Waals surface area (Å²) in [7, 11) is -2.56. The lowest BCUT2D eigenvalue weighted by Crippen LogP contribution is -2.66. The van der Waals surface area contributed by atoms with Crippen LogP contribution in [0.15, 0.2) is 169 Å². The third-order valence-corrected chi connectivity index (χ3v) is 17.4. The summed E-state index contributed by atoms with van der Waals surface area (Å²) in [5.74, 6) is 0. The normalized spacial score (nSPS) is 24.9. The predicted molar refractivity (Wildman–Crippen MR) is 271 cm³/mol. The Morgan fingerprint density at radius 1 is 0.543 bits per heavy atom. The van der Waals surface area contributed by atoms with Crippen molar-refractivity contribution in [3.05, 3.63) is 203 Å². The van der Waals surface area contributed by atoms with E-state index >= 15 is 0 Å². The molecular formula is C56H69N3O10Si. The summed E-state index contributed by atoms with van der Waals surface area (Å²) in [6.45, 7) is 16.4. The molecule has 2 heterocycles. The average Bonchev–Trinajstić information content (AvgIpc) is 3.37. The van der Waals surface area contributed by atoms with Crippen LogP contribution in [0, 0.1) is 0 Å². The topological polar surface area (TPSA) is 141 Å². The van der Waals surface area contributed by atoms with Gasteiger partial charge in [-0.05, 0) is 51.5 Å². The van der Waals surface area contributed by atoms with Gasteiger partial charge < -0.3 is 47.1 Å². The highest BCUT2D eigenvalue weighted by atomic mass is 28.4. The predicted octanol–water partition coefficient (Wildman–Crippen LogP) is 11.3. The van der Waals surface area contributed by atoms with Gasteiger partial charge in [-0.25, -0.2) is 0 Å². The van der Waals surface area contributed by atoms with E-state index in [1.807, 2.05) is 152 Å². The number of nitrogens with zero attached hydrogens (tertiary/aromatic N) is 3. The molecule has 13 nitrogen and oxygen atoms in total. The van der Waals surface area contributed by atoms with Crippen LogP contribution in [0.1, 0.15) is 48.6 Å². The van der Waals surface area contributed by atoms with Crippen molar-refractivity contribution in [3.63, 3.8) is 0 Å². The van der Waals surface area contributed by atoms with Gasteiger partial charge in [-0.1, -0.05) is 184 Å². The highest BCUT2D eigenvalue weighted by Gasteiger charge is 2.55. The maximum absolute atomic E-state index is 10.3. The van der Waals surface area contributed by atoms with E-state index in [4.69, 9.17) is 47.1 Å². The third kappa shape index (κ3) is 15.0. The Bertz CT molecular complexity index is 2320. The zero-order valence-electron chi connectivity index (χ0n) is 41.1. The third-order valence-electron chi connectivity index (χ3n) is 12.9. The number of azide groups is 1. The van der Waals surface area contributed by atoms with E-state index in [-0.39, 0.29) is 44.7 Å². The van der Waals surface area contributed by atoms with Gasteiger partial charge in [0.15, 0.2) is 20.9 Å². The van der Waals surface area contributed by atoms with Gasteiger partial charge in [0.1, 0.15) is 48.8 Å². The van der Waals surface area contributed by atoms with Crippen LogP contribution in [0.5, 0.6) is 0 Å². The molecule has 0 saturated carbocycles. The second-order valence-corrected chi connectivity index (χ2v) is 23.9. The SMILES string of the molecule is C=CCO[C@H]1[C@@H](OCc2ccccc2)[C@@H](COCc2ccccc2)O[C@@H](O[C@H]2[C@H](OCc3ccccc3)[C@@H](N=[N+]=[N-])[C@H](O[Si](C)(C)C(C)(C)C)O[C@@H]2COCc2ccccc2)[C@@H]1OCc1ccccc1. The standard InChI is InChI=1S/C56H69N3O10Si/c1-7-33-62-52-49(63-36-43-27-17-10-18-28-43)46(39-60-34-41-23-13-8-14-24-41)67-55(53(52)65-38-45-31-21-12-22-32-45)68-50-47(40-61-35-42-25-15-9-16-26-42)66-54(69-70(5,6)56(2,3)4)48(58-59-57)51(50)64-37-44-29-19-11-20-30-44/h7-32,46-55H,1,33-40H2,2-6H3/t46-,47-,48-,49+,50-,51-,52+,53-,54+,55+/m1/s1. The molecule has 2 aliphatic rings. The van der Waals surface area contributed by atoms with Crippen molar-refractivity contribution in [2.24, 2.45) is 5.11 Å². The quantitative estimate of drug-likeness (QED) is 0.0182. The molecule has 0 aliphatic carbocycles. The van der Waals surface area contributed by atoms with E-state index in [1.54, 1.807) is 6.08 Å². The first-order chi connectivity index (χ1) is 34.0. The fraction of sp³-hybridized carbons (Fsp3) is 0.429. The zero-order valence-corrected chi connectivity index (χ0v) is 42.1. The van der Waals surface area contributed by atoms with Crippen LogP contribution in [0.25, 0.3) is 10.4 Å². The Morgan fingerprint density at radius 3 is 1.37 bits per heavy atom. The number of ether oxygens (including phenoxy) is 9. The average molecular weight is 972 g/mol. The van der Waals surface area contributed by atoms with Crippen LogP contribution < -0.4 is 0 Å². The molecule has 2 saturated heterocycles. The van der Waals surface area contributed by atoms with Crippen LogP contribution in [0.3, 0.4) is 0 Å². The molecule has 0 amide bonds. The Morgan fingerprint density at radius 2 is 0.943 bits per heavy atom. The van der Waals surface area contributed by atoms with Crippen molar-refractivity contribution in [3.8, 4) is 0 Å². The molecule has 0 bridgehead atoms. The van der Waals surface area contributed by atoms with Gasteiger partial charge in [0.25, 0.3) is 0 Å². The fourth-order valence-corrected chi connectivity index (χ4v) is 9.32. The summed E-state index contributed by atoms with van der Waals surface area (Å²) in [5, 5.41) is 4.18. The molecule has 2 aliphatic heterocycles. The molecule has 0 spiro atoms. The van der Waals surface area contributed by atoms with Crippen LogP contribution in [-0.2, 0) is 80.1 Å². The molecule has 0 unspecified atom stereocenters. The molecule has 0 aromatic heterocycles. The van der Waals surface area contributed by atoms with Gasteiger partial charge >= 0.3 is 0 Å². The summed E-state index contributed by atoms with van der Waals surface area (Å²) in [6.07, 6.45) is -6.27. The van der Waals surface area contributed by atoms with E-state index in [9.17, 15) is 5.53 Å². The second-order valence-electron chi connectivity index (χ2n) is 19.1. The molecule has 7 rings (SSSR count). The fourth-order valence-electron chi connectivity index (χ4n) is 8.19. The van der Waals surface area contributed by atoms with Crippen molar-refractivity contribution in [1.82, 2.24) is 0 Å². The monoisotopic (exact) mass is 971 g/mol. The van der Waals surface area contributed by atoms with Gasteiger partial charge in [-0.15, -0.1) is 6.58 Å². The van der Waals surface area contributed by atoms with Crippen molar-refractivity contribution in [2.45, 2.75) is 133 Å². The molecule has 0 radical (unpaired) electrons. The van der Waals surface area contributed by atoms with Gasteiger partial charge in [-0.2, -0.15) is 0 Å². The van der Waals surface area contributed by atoms with Crippen LogP contribution in [-0.4, -0.2) is 89.5 Å². The van der Waals surface area contributed by atoms with Gasteiger partial charge in [0, 0.05) is 4.91 Å². The molecule has 5 aromatic rings. The number of hydrogen-bond acceptors (Lipinski definition) is 11. The minimum Gasteiger partial charge on any atom is -0.392 e. The van der Waals surface area contributed by atoms with Crippen molar-refractivity contribution >= 4 is 8.32 Å². The van der Waals surface area contributed by atoms with Gasteiger partial charge in [-0.3, -0.25) is 0 Å². The Hall–Kier alpha value is -5.03. The summed E-state index contributed by atoms with van der Waals surface area (Å²) >= 11 is 0. The molecule has 5 aromatic carbocycles. The molecular weight excluding hydrogens is 903 g/mol. The number of benzene rings is 5. The Kier molecular flexibility index (Phi) is 19.9. The first-order valence-electron chi connectivity index (χ1n) is 24.1. The van der Waals surface area contributed by atoms with Crippen molar-refractivity contribution in [2.75, 3.05) is 19.8 Å². The van der Waals surface area contributed by atoms with E-state index in [0.29, 0.717) is 13.2 Å². The van der Waals surface area contributed by atoms with Gasteiger partial charge in [0.05, 0.1) is 52.9 Å². The van der Waals surface area contributed by atoms with Crippen molar-refractivity contribution in [1.29, 1.82) is 0 Å². The lowest BCUT2D eigenvalue weighted by atomic mass is 9.95.